The van der Waals surface area contributed by atoms with Gasteiger partial charge in [0.05, 0.1) is 6.61 Å². The number of nitrogens with zero attached hydrogens (tertiary/aromatic N) is 2. The van der Waals surface area contributed by atoms with Gasteiger partial charge in [0.15, 0.2) is 0 Å². The van der Waals surface area contributed by atoms with Crippen LogP contribution in [0.2, 0.25) is 0 Å². The Balaban J connectivity index is 2.09. The predicted molar refractivity (Wildman–Crippen MR) is 76.3 cm³/mol. The lowest BCUT2D eigenvalue weighted by atomic mass is 10.1. The van der Waals surface area contributed by atoms with Crippen molar-refractivity contribution in [3.05, 3.63) is 12.7 Å². The standard InChI is InChI=1S/C15H22N2O4/c1-3-13(18)16-9-5-7-11(16)14(19)17-10-6-8-12(17)15(20)21-4-2/h3,11-12H,1,4-10H2,2H3/t11-,12+/m0/s1. The van der Waals surface area contributed by atoms with E-state index in [1.54, 1.807) is 16.7 Å². The number of hydrogen-bond donors (Lipinski definition) is 0. The molecule has 2 aliphatic rings. The van der Waals surface area contributed by atoms with Crippen LogP contribution in [0.1, 0.15) is 32.6 Å². The van der Waals surface area contributed by atoms with Gasteiger partial charge in [0.25, 0.3) is 0 Å². The summed E-state index contributed by atoms with van der Waals surface area (Å²) in [4.78, 5) is 39.6. The highest BCUT2D eigenvalue weighted by atomic mass is 16.5. The molecule has 0 aromatic carbocycles. The van der Waals surface area contributed by atoms with Crippen LogP contribution in [-0.2, 0) is 19.1 Å². The minimum absolute atomic E-state index is 0.141. The molecule has 0 spiro atoms. The van der Waals surface area contributed by atoms with Crippen LogP contribution < -0.4 is 0 Å². The Labute approximate surface area is 124 Å². The molecule has 0 aromatic heterocycles. The molecule has 0 N–H and O–H groups in total. The molecule has 6 heteroatoms. The van der Waals surface area contributed by atoms with Gasteiger partial charge in [-0.25, -0.2) is 4.79 Å². The molecule has 2 heterocycles. The first-order chi connectivity index (χ1) is 10.1. The highest BCUT2D eigenvalue weighted by molar-refractivity contribution is 5.94. The third-order valence-electron chi connectivity index (χ3n) is 4.09. The molecule has 2 saturated heterocycles. The van der Waals surface area contributed by atoms with Crippen LogP contribution in [0.15, 0.2) is 12.7 Å². The fourth-order valence-electron chi connectivity index (χ4n) is 3.11. The summed E-state index contributed by atoms with van der Waals surface area (Å²) in [7, 11) is 0. The number of carbonyl (C=O) groups excluding carboxylic acids is 3. The van der Waals surface area contributed by atoms with Crippen molar-refractivity contribution >= 4 is 17.8 Å². The summed E-state index contributed by atoms with van der Waals surface area (Å²) in [6.45, 7) is 6.65. The second-order valence-electron chi connectivity index (χ2n) is 5.34. The van der Waals surface area contributed by atoms with Crippen molar-refractivity contribution in [3.63, 3.8) is 0 Å². The van der Waals surface area contributed by atoms with Crippen LogP contribution >= 0.6 is 0 Å². The molecule has 116 valence electrons. The van der Waals surface area contributed by atoms with Gasteiger partial charge in [-0.1, -0.05) is 6.58 Å². The van der Waals surface area contributed by atoms with Crippen LogP contribution in [0.5, 0.6) is 0 Å². The maximum absolute atomic E-state index is 12.7. The fraction of sp³-hybridized carbons (Fsp3) is 0.667. The number of carbonyl (C=O) groups is 3. The SMILES string of the molecule is C=CC(=O)N1CCC[C@H]1C(=O)N1CCC[C@@H]1C(=O)OCC. The van der Waals surface area contributed by atoms with Gasteiger partial charge in [-0.15, -0.1) is 0 Å². The minimum Gasteiger partial charge on any atom is -0.464 e. The molecule has 0 saturated carbocycles. The van der Waals surface area contributed by atoms with Gasteiger partial charge in [0, 0.05) is 13.1 Å². The molecule has 0 aliphatic carbocycles. The summed E-state index contributed by atoms with van der Waals surface area (Å²) in [5.41, 5.74) is 0. The zero-order valence-electron chi connectivity index (χ0n) is 12.4. The smallest absolute Gasteiger partial charge is 0.328 e. The van der Waals surface area contributed by atoms with Crippen LogP contribution in [0, 0.1) is 0 Å². The van der Waals surface area contributed by atoms with Gasteiger partial charge in [0.1, 0.15) is 12.1 Å². The van der Waals surface area contributed by atoms with Crippen LogP contribution in [-0.4, -0.2) is 59.4 Å². The second kappa shape index (κ2) is 6.74. The topological polar surface area (TPSA) is 66.9 Å². The van der Waals surface area contributed by atoms with Gasteiger partial charge >= 0.3 is 5.97 Å². The van der Waals surface area contributed by atoms with Crippen molar-refractivity contribution in [1.82, 2.24) is 9.80 Å². The summed E-state index contributed by atoms with van der Waals surface area (Å²) in [5, 5.41) is 0. The highest BCUT2D eigenvalue weighted by Crippen LogP contribution is 2.25. The van der Waals surface area contributed by atoms with E-state index in [0.717, 1.165) is 12.8 Å². The minimum atomic E-state index is -0.501. The Morgan fingerprint density at radius 3 is 2.38 bits per heavy atom. The van der Waals surface area contributed by atoms with Crippen molar-refractivity contribution in [1.29, 1.82) is 0 Å². The lowest BCUT2D eigenvalue weighted by molar-refractivity contribution is -0.155. The van der Waals surface area contributed by atoms with Crippen molar-refractivity contribution in [2.45, 2.75) is 44.7 Å². The van der Waals surface area contributed by atoms with Gasteiger partial charge in [0.2, 0.25) is 11.8 Å². The van der Waals surface area contributed by atoms with E-state index >= 15 is 0 Å². The molecule has 6 nitrogen and oxygen atoms in total. The van der Waals surface area contributed by atoms with Gasteiger partial charge in [-0.2, -0.15) is 0 Å². The number of amides is 2. The molecule has 0 radical (unpaired) electrons. The monoisotopic (exact) mass is 294 g/mol. The maximum Gasteiger partial charge on any atom is 0.328 e. The molecule has 2 aliphatic heterocycles. The zero-order valence-corrected chi connectivity index (χ0v) is 12.4. The Morgan fingerprint density at radius 1 is 1.14 bits per heavy atom. The average Bonchev–Trinajstić information content (AvgIpc) is 3.14. The third kappa shape index (κ3) is 3.09. The fourth-order valence-corrected chi connectivity index (χ4v) is 3.11. The molecule has 2 amide bonds. The summed E-state index contributed by atoms with van der Waals surface area (Å²) in [6, 6.07) is -0.968. The number of rotatable bonds is 4. The largest absolute Gasteiger partial charge is 0.464 e. The number of ether oxygens (including phenoxy) is 1. The van der Waals surface area contributed by atoms with Crippen molar-refractivity contribution in [2.24, 2.45) is 0 Å². The lowest BCUT2D eigenvalue weighted by Gasteiger charge is -2.30. The Bertz CT molecular complexity index is 449. The average molecular weight is 294 g/mol. The highest BCUT2D eigenvalue weighted by Gasteiger charge is 2.42. The van der Waals surface area contributed by atoms with Crippen LogP contribution in [0.4, 0.5) is 0 Å². The van der Waals surface area contributed by atoms with E-state index in [-0.39, 0.29) is 17.8 Å². The van der Waals surface area contributed by atoms with E-state index < -0.39 is 12.1 Å². The normalized spacial score (nSPS) is 25.0. The molecule has 21 heavy (non-hydrogen) atoms. The van der Waals surface area contributed by atoms with E-state index in [1.165, 1.54) is 6.08 Å². The van der Waals surface area contributed by atoms with E-state index in [1.807, 2.05) is 0 Å². The van der Waals surface area contributed by atoms with Crippen molar-refractivity contribution < 1.29 is 19.1 Å². The molecule has 2 atom stereocenters. The van der Waals surface area contributed by atoms with Crippen LogP contribution in [0.3, 0.4) is 0 Å². The first-order valence-electron chi connectivity index (χ1n) is 7.50. The van der Waals surface area contributed by atoms with E-state index in [4.69, 9.17) is 4.74 Å². The maximum atomic E-state index is 12.7. The summed E-state index contributed by atoms with van der Waals surface area (Å²) in [5.74, 6) is -0.709. The molecule has 0 aromatic rings. The molecule has 0 unspecified atom stereocenters. The van der Waals surface area contributed by atoms with Crippen molar-refractivity contribution in [2.75, 3.05) is 19.7 Å². The van der Waals surface area contributed by atoms with Gasteiger partial charge in [-0.05, 0) is 38.7 Å². The predicted octanol–water partition coefficient (Wildman–Crippen LogP) is 0.717. The van der Waals surface area contributed by atoms with Gasteiger partial charge in [-0.3, -0.25) is 9.59 Å². The van der Waals surface area contributed by atoms with E-state index in [9.17, 15) is 14.4 Å². The Hall–Kier alpha value is -1.85. The zero-order chi connectivity index (χ0) is 15.4. The summed E-state index contributed by atoms with van der Waals surface area (Å²) in [6.07, 6.45) is 4.10. The Kier molecular flexibility index (Phi) is 4.98. The van der Waals surface area contributed by atoms with Gasteiger partial charge < -0.3 is 14.5 Å². The third-order valence-corrected chi connectivity index (χ3v) is 4.09. The molecular formula is C15H22N2O4. The first-order valence-corrected chi connectivity index (χ1v) is 7.50. The molecule has 2 rings (SSSR count). The first kappa shape index (κ1) is 15.5. The summed E-state index contributed by atoms with van der Waals surface area (Å²) < 4.78 is 5.03. The quantitative estimate of drug-likeness (QED) is 0.566. The lowest BCUT2D eigenvalue weighted by Crippen LogP contribution is -2.51. The number of likely N-dealkylation sites (tertiary alicyclic amines) is 2. The molecule has 0 bridgehead atoms. The number of hydrogen-bond acceptors (Lipinski definition) is 4. The molecular weight excluding hydrogens is 272 g/mol. The second-order valence-corrected chi connectivity index (χ2v) is 5.34. The van der Waals surface area contributed by atoms with Crippen molar-refractivity contribution in [3.8, 4) is 0 Å². The van der Waals surface area contributed by atoms with Crippen LogP contribution in [0.25, 0.3) is 0 Å². The van der Waals surface area contributed by atoms with E-state index in [2.05, 4.69) is 6.58 Å². The molecule has 2 fully saturated rings. The Morgan fingerprint density at radius 2 is 1.76 bits per heavy atom. The summed E-state index contributed by atoms with van der Waals surface area (Å²) >= 11 is 0. The van der Waals surface area contributed by atoms with E-state index in [0.29, 0.717) is 32.5 Å². The number of esters is 1.